The molecule has 0 unspecified atom stereocenters. The molecule has 0 atom stereocenters. The molecule has 7 nitrogen and oxygen atoms in total. The third kappa shape index (κ3) is 7.54. The number of hydrogen-bond acceptors (Lipinski definition) is 7. The van der Waals surface area contributed by atoms with Crippen LogP contribution < -0.4 is 9.47 Å². The normalized spacial score (nSPS) is 10.7. The molecule has 0 aliphatic rings. The lowest BCUT2D eigenvalue weighted by Gasteiger charge is -2.09. The van der Waals surface area contributed by atoms with E-state index in [0.29, 0.717) is 5.56 Å². The van der Waals surface area contributed by atoms with Crippen molar-refractivity contribution in [2.75, 3.05) is 13.2 Å². The van der Waals surface area contributed by atoms with E-state index in [4.69, 9.17) is 14.2 Å². The van der Waals surface area contributed by atoms with Gasteiger partial charge in [0.05, 0.1) is 24.3 Å². The van der Waals surface area contributed by atoms with Crippen LogP contribution in [0.5, 0.6) is 11.5 Å². The molecule has 2 aromatic rings. The number of esters is 3. The maximum absolute atomic E-state index is 12.2. The molecule has 0 fully saturated rings. The van der Waals surface area contributed by atoms with Crippen LogP contribution in [0.15, 0.2) is 48.5 Å². The molecule has 0 radical (unpaired) electrons. The molecule has 0 saturated carbocycles. The lowest BCUT2D eigenvalue weighted by Crippen LogP contribution is -2.11. The average Bonchev–Trinajstić information content (AvgIpc) is 2.73. The number of alkyl halides is 2. The number of hydrogen-bond donors (Lipinski definition) is 0. The minimum Gasteiger partial charge on any atom is -0.462 e. The van der Waals surface area contributed by atoms with E-state index in [2.05, 4.69) is 4.74 Å². The van der Waals surface area contributed by atoms with Gasteiger partial charge in [0.1, 0.15) is 11.5 Å². The van der Waals surface area contributed by atoms with E-state index in [1.165, 1.54) is 48.5 Å². The Bertz CT molecular complexity index is 917. The van der Waals surface area contributed by atoms with Gasteiger partial charge in [0.15, 0.2) is 0 Å². The van der Waals surface area contributed by atoms with Crippen molar-refractivity contribution >= 4 is 24.0 Å². The van der Waals surface area contributed by atoms with E-state index in [-0.39, 0.29) is 35.8 Å². The molecule has 0 N–H and O–H groups in total. The fraction of sp³-hybridized carbons (Fsp3) is 0.227. The first kappa shape index (κ1) is 23.5. The van der Waals surface area contributed by atoms with Gasteiger partial charge < -0.3 is 18.9 Å². The van der Waals surface area contributed by atoms with Crippen molar-refractivity contribution in [3.8, 4) is 11.5 Å². The summed E-state index contributed by atoms with van der Waals surface area (Å²) in [5.41, 5.74) is 0.577. The van der Waals surface area contributed by atoms with E-state index in [1.807, 2.05) is 0 Å². The first-order valence-corrected chi connectivity index (χ1v) is 9.26. The van der Waals surface area contributed by atoms with Gasteiger partial charge in [0.2, 0.25) is 0 Å². The van der Waals surface area contributed by atoms with Crippen LogP contribution >= 0.6 is 0 Å². The molecule has 31 heavy (non-hydrogen) atoms. The van der Waals surface area contributed by atoms with Gasteiger partial charge in [0, 0.05) is 6.08 Å². The van der Waals surface area contributed by atoms with Gasteiger partial charge >= 0.3 is 24.5 Å². The van der Waals surface area contributed by atoms with Crippen LogP contribution in [0, 0.1) is 0 Å². The summed E-state index contributed by atoms with van der Waals surface area (Å²) < 4.78 is 43.6. The van der Waals surface area contributed by atoms with Crippen LogP contribution in [0.3, 0.4) is 0 Å². The molecule has 0 aliphatic carbocycles. The molecule has 0 amide bonds. The van der Waals surface area contributed by atoms with E-state index in [9.17, 15) is 23.2 Å². The molecule has 0 heterocycles. The van der Waals surface area contributed by atoms with E-state index < -0.39 is 24.5 Å². The Morgan fingerprint density at radius 2 is 1.42 bits per heavy atom. The summed E-state index contributed by atoms with van der Waals surface area (Å²) in [6, 6.07) is 9.42. The molecule has 0 spiro atoms. The van der Waals surface area contributed by atoms with Gasteiger partial charge in [-0.25, -0.2) is 14.4 Å². The predicted molar refractivity (Wildman–Crippen MR) is 106 cm³/mol. The average molecular weight is 434 g/mol. The van der Waals surface area contributed by atoms with Gasteiger partial charge in [-0.2, -0.15) is 8.78 Å². The van der Waals surface area contributed by atoms with Gasteiger partial charge in [-0.05, 0) is 55.8 Å². The number of ether oxygens (including phenoxy) is 4. The lowest BCUT2D eigenvalue weighted by atomic mass is 10.1. The summed E-state index contributed by atoms with van der Waals surface area (Å²) in [5.74, 6) is -2.23. The summed E-state index contributed by atoms with van der Waals surface area (Å²) in [6.07, 6.45) is 2.50. The molecular weight excluding hydrogens is 414 g/mol. The molecule has 2 rings (SSSR count). The Morgan fingerprint density at radius 3 is 1.90 bits per heavy atom. The van der Waals surface area contributed by atoms with Crippen molar-refractivity contribution in [1.29, 1.82) is 0 Å². The fourth-order valence-electron chi connectivity index (χ4n) is 2.40. The molecule has 0 aliphatic heterocycles. The quantitative estimate of drug-likeness (QED) is 0.331. The first-order chi connectivity index (χ1) is 14.8. The minimum absolute atomic E-state index is 0.0167. The smallest absolute Gasteiger partial charge is 0.387 e. The summed E-state index contributed by atoms with van der Waals surface area (Å²) in [6.45, 7) is 0.583. The van der Waals surface area contributed by atoms with Crippen LogP contribution in [0.1, 0.15) is 40.1 Å². The lowest BCUT2D eigenvalue weighted by molar-refractivity contribution is -0.128. The highest BCUT2D eigenvalue weighted by Crippen LogP contribution is 2.20. The fourth-order valence-corrected chi connectivity index (χ4v) is 2.40. The highest BCUT2D eigenvalue weighted by atomic mass is 19.3. The first-order valence-electron chi connectivity index (χ1n) is 9.26. The summed E-state index contributed by atoms with van der Waals surface area (Å²) in [7, 11) is 0. The maximum Gasteiger partial charge on any atom is 0.387 e. The molecule has 0 saturated heterocycles. The second kappa shape index (κ2) is 11.4. The van der Waals surface area contributed by atoms with Crippen LogP contribution in [0.25, 0.3) is 6.08 Å². The van der Waals surface area contributed by atoms with E-state index in [1.54, 1.807) is 13.8 Å². The zero-order chi connectivity index (χ0) is 22.8. The highest BCUT2D eigenvalue weighted by Gasteiger charge is 2.16. The Labute approximate surface area is 177 Å². The summed E-state index contributed by atoms with van der Waals surface area (Å²) >= 11 is 0. The van der Waals surface area contributed by atoms with Crippen LogP contribution in [-0.2, 0) is 14.3 Å². The van der Waals surface area contributed by atoms with Gasteiger partial charge in [-0.1, -0.05) is 12.1 Å². The standard InChI is InChI=1S/C22H20F2O7/c1-3-28-20(26)15-11-16(21(27)29-4-2)13-18(12-15)30-19(25)10-7-14-5-8-17(9-6-14)31-22(23)24/h5-13,22H,3-4H2,1-2H3. The molecule has 2 aromatic carbocycles. The van der Waals surface area contributed by atoms with Gasteiger partial charge in [-0.3, -0.25) is 0 Å². The SMILES string of the molecule is CCOC(=O)c1cc(OC(=O)C=Cc2ccc(OC(F)F)cc2)cc(C(=O)OCC)c1. The number of rotatable bonds is 9. The number of halogens is 2. The van der Waals surface area contributed by atoms with Crippen molar-refractivity contribution in [1.82, 2.24) is 0 Å². The van der Waals surface area contributed by atoms with Crippen molar-refractivity contribution < 1.29 is 42.1 Å². The number of benzene rings is 2. The molecular formula is C22H20F2O7. The van der Waals surface area contributed by atoms with Crippen LogP contribution in [0.4, 0.5) is 8.78 Å². The van der Waals surface area contributed by atoms with E-state index >= 15 is 0 Å². The van der Waals surface area contributed by atoms with Crippen LogP contribution in [0.2, 0.25) is 0 Å². The third-order valence-electron chi connectivity index (χ3n) is 3.66. The van der Waals surface area contributed by atoms with Crippen LogP contribution in [-0.4, -0.2) is 37.7 Å². The third-order valence-corrected chi connectivity index (χ3v) is 3.66. The van der Waals surface area contributed by atoms with Crippen molar-refractivity contribution in [2.24, 2.45) is 0 Å². The molecule has 9 heteroatoms. The maximum atomic E-state index is 12.2. The Morgan fingerprint density at radius 1 is 0.871 bits per heavy atom. The van der Waals surface area contributed by atoms with Crippen molar-refractivity contribution in [3.05, 3.63) is 65.2 Å². The largest absolute Gasteiger partial charge is 0.462 e. The predicted octanol–water partition coefficient (Wildman–Crippen LogP) is 4.26. The Balaban J connectivity index is 2.15. The van der Waals surface area contributed by atoms with Crippen molar-refractivity contribution in [3.63, 3.8) is 0 Å². The second-order valence-electron chi connectivity index (χ2n) is 5.89. The summed E-state index contributed by atoms with van der Waals surface area (Å²) in [4.78, 5) is 36.2. The van der Waals surface area contributed by atoms with E-state index in [0.717, 1.165) is 6.08 Å². The highest BCUT2D eigenvalue weighted by molar-refractivity contribution is 5.97. The molecule has 0 bridgehead atoms. The number of carbonyl (C=O) groups excluding carboxylic acids is 3. The van der Waals surface area contributed by atoms with Crippen molar-refractivity contribution in [2.45, 2.75) is 20.5 Å². The second-order valence-corrected chi connectivity index (χ2v) is 5.89. The molecule has 0 aromatic heterocycles. The van der Waals surface area contributed by atoms with Gasteiger partial charge in [-0.15, -0.1) is 0 Å². The molecule has 164 valence electrons. The minimum atomic E-state index is -2.93. The zero-order valence-corrected chi connectivity index (χ0v) is 16.8. The topological polar surface area (TPSA) is 88.1 Å². The Hall–Kier alpha value is -3.75. The number of carbonyl (C=O) groups is 3. The monoisotopic (exact) mass is 434 g/mol. The van der Waals surface area contributed by atoms with Gasteiger partial charge in [0.25, 0.3) is 0 Å². The zero-order valence-electron chi connectivity index (χ0n) is 16.8. The summed E-state index contributed by atoms with van der Waals surface area (Å²) in [5, 5.41) is 0. The Kier molecular flexibility index (Phi) is 8.68.